The topological polar surface area (TPSA) is 200 Å². The highest BCUT2D eigenvalue weighted by Crippen LogP contribution is 2.39. The quantitative estimate of drug-likeness (QED) is 0.0715. The third kappa shape index (κ3) is 7.40. The Labute approximate surface area is 357 Å². The zero-order valence-corrected chi connectivity index (χ0v) is 34.6. The molecule has 4 N–H and O–H groups in total. The first-order valence-electron chi connectivity index (χ1n) is 21.3. The highest BCUT2D eigenvalue weighted by atomic mass is 16.3. The van der Waals surface area contributed by atoms with Gasteiger partial charge in [-0.1, -0.05) is 25.1 Å². The van der Waals surface area contributed by atoms with Crippen molar-refractivity contribution < 1.29 is 24.3 Å². The van der Waals surface area contributed by atoms with Gasteiger partial charge < -0.3 is 20.6 Å². The number of nitrogens with one attached hydrogen (secondary N) is 3. The average Bonchev–Trinajstić information content (AvgIpc) is 3.86. The maximum atomic E-state index is 13.5. The van der Waals surface area contributed by atoms with Gasteiger partial charge in [-0.3, -0.25) is 39.1 Å². The van der Waals surface area contributed by atoms with Gasteiger partial charge in [-0.2, -0.15) is 4.98 Å². The maximum Gasteiger partial charge on any atom is 0.278 e. The standard InChI is InChI=1S/C45H49N11O6/c1-3-21-54-41(59)32-27-47-44(51-39(32)56(54)35-16-10-28-18-19-45(62,4-2)38(28)49-35)48-29-11-13-30(14-12-29)53-25-23-52(24-26-53)22-6-5-20-46-33-9-7-8-31-37(33)43(61)55(42(31)60)34-15-17-36(57)50-40(34)58/h3,7-14,16,27,34,46,62H,1,4-6,15,17-26H2,2H3,(H,47,48,51)(H,50,57,58)/t34?,45-/m1/s1. The summed E-state index contributed by atoms with van der Waals surface area (Å²) < 4.78 is 3.22. The third-order valence-electron chi connectivity index (χ3n) is 12.5. The molecule has 6 heterocycles. The molecule has 3 aromatic heterocycles. The van der Waals surface area contributed by atoms with E-state index in [0.717, 1.165) is 73.8 Å². The molecule has 2 atom stereocenters. The second kappa shape index (κ2) is 16.6. The zero-order valence-electron chi connectivity index (χ0n) is 34.6. The van der Waals surface area contributed by atoms with Gasteiger partial charge in [-0.15, -0.1) is 6.58 Å². The molecule has 17 nitrogen and oxygen atoms in total. The molecule has 2 aromatic carbocycles. The number of carbonyl (C=O) groups excluding carboxylic acids is 4. The van der Waals surface area contributed by atoms with Crippen molar-refractivity contribution in [3.05, 3.63) is 106 Å². The lowest BCUT2D eigenvalue weighted by molar-refractivity contribution is -0.136. The first kappa shape index (κ1) is 40.7. The number of aryl methyl sites for hydroxylation is 1. The van der Waals surface area contributed by atoms with Gasteiger partial charge in [0.25, 0.3) is 17.4 Å². The van der Waals surface area contributed by atoms with Crippen LogP contribution in [0, 0.1) is 0 Å². The van der Waals surface area contributed by atoms with Crippen molar-refractivity contribution in [1.29, 1.82) is 0 Å². The summed E-state index contributed by atoms with van der Waals surface area (Å²) in [5.74, 6) is -1.23. The van der Waals surface area contributed by atoms with E-state index in [1.54, 1.807) is 29.0 Å². The number of aliphatic hydroxyl groups is 1. The van der Waals surface area contributed by atoms with E-state index in [-0.39, 0.29) is 36.1 Å². The molecule has 17 heteroatoms. The molecule has 2 fully saturated rings. The van der Waals surface area contributed by atoms with E-state index in [2.05, 4.69) is 49.4 Å². The van der Waals surface area contributed by atoms with Crippen LogP contribution in [0.4, 0.5) is 23.0 Å². The van der Waals surface area contributed by atoms with Crippen LogP contribution in [0.15, 0.2) is 78.2 Å². The lowest BCUT2D eigenvalue weighted by atomic mass is 9.98. The van der Waals surface area contributed by atoms with Gasteiger partial charge >= 0.3 is 0 Å². The monoisotopic (exact) mass is 839 g/mol. The second-order valence-corrected chi connectivity index (χ2v) is 16.3. The molecular weight excluding hydrogens is 791 g/mol. The Morgan fingerprint density at radius 1 is 0.952 bits per heavy atom. The van der Waals surface area contributed by atoms with Crippen LogP contribution < -0.4 is 26.4 Å². The minimum absolute atomic E-state index is 0.0775. The predicted molar refractivity (Wildman–Crippen MR) is 233 cm³/mol. The number of fused-ring (bicyclic) bond motifs is 3. The number of rotatable bonds is 14. The summed E-state index contributed by atoms with van der Waals surface area (Å²) in [7, 11) is 0. The summed E-state index contributed by atoms with van der Waals surface area (Å²) in [6.45, 7) is 11.2. The minimum Gasteiger partial charge on any atom is -0.384 e. The van der Waals surface area contributed by atoms with Crippen LogP contribution in [-0.4, -0.2) is 108 Å². The smallest absolute Gasteiger partial charge is 0.278 e. The Kier molecular flexibility index (Phi) is 10.9. The van der Waals surface area contributed by atoms with Crippen molar-refractivity contribution >= 4 is 57.7 Å². The Morgan fingerprint density at radius 3 is 2.52 bits per heavy atom. The van der Waals surface area contributed by atoms with E-state index in [0.29, 0.717) is 53.6 Å². The molecular formula is C45H49N11O6. The number of anilines is 4. The van der Waals surface area contributed by atoms with Gasteiger partial charge in [-0.05, 0) is 93.1 Å². The molecule has 1 aliphatic carbocycles. The number of carbonyl (C=O) groups is 4. The number of hydrogen-bond acceptors (Lipinski definition) is 13. The predicted octanol–water partition coefficient (Wildman–Crippen LogP) is 3.87. The molecule has 4 amide bonds. The van der Waals surface area contributed by atoms with Gasteiger partial charge in [0.1, 0.15) is 17.0 Å². The molecule has 320 valence electrons. The van der Waals surface area contributed by atoms with Crippen molar-refractivity contribution in [2.24, 2.45) is 0 Å². The van der Waals surface area contributed by atoms with E-state index in [1.165, 1.54) is 10.9 Å². The molecule has 1 unspecified atom stereocenters. The van der Waals surface area contributed by atoms with E-state index in [9.17, 15) is 29.1 Å². The Bertz CT molecular complexity index is 2670. The molecule has 62 heavy (non-hydrogen) atoms. The van der Waals surface area contributed by atoms with Gasteiger partial charge in [0.2, 0.25) is 17.8 Å². The van der Waals surface area contributed by atoms with Crippen LogP contribution in [0.2, 0.25) is 0 Å². The fourth-order valence-corrected chi connectivity index (χ4v) is 9.07. The van der Waals surface area contributed by atoms with Crippen LogP contribution in [0.1, 0.15) is 77.4 Å². The molecule has 0 spiro atoms. The molecule has 2 saturated heterocycles. The van der Waals surface area contributed by atoms with Gasteiger partial charge in [0.05, 0.1) is 23.4 Å². The summed E-state index contributed by atoms with van der Waals surface area (Å²) in [4.78, 5) is 84.1. The SMILES string of the molecule is C=CCn1c(=O)c2cnc(Nc3ccc(N4CCN(CCCCNc5cccc6c5C(=O)N(C5CCC(=O)NC5=O)C6=O)CC4)cc3)nc2n1-c1ccc2c(n1)[C@@](O)(CC)CC2. The van der Waals surface area contributed by atoms with Crippen LogP contribution in [0.3, 0.4) is 0 Å². The normalized spacial score (nSPS) is 20.1. The molecule has 4 aliphatic rings. The highest BCUT2D eigenvalue weighted by molar-refractivity contribution is 6.25. The van der Waals surface area contributed by atoms with Crippen LogP contribution >= 0.6 is 0 Å². The number of allylic oxidation sites excluding steroid dienone is 1. The van der Waals surface area contributed by atoms with Gasteiger partial charge in [-0.25, -0.2) is 19.3 Å². The number of hydrogen-bond donors (Lipinski definition) is 4. The Morgan fingerprint density at radius 2 is 1.76 bits per heavy atom. The van der Waals surface area contributed by atoms with Crippen LogP contribution in [0.25, 0.3) is 16.9 Å². The number of amides is 4. The van der Waals surface area contributed by atoms with Crippen molar-refractivity contribution in [3.8, 4) is 5.82 Å². The summed E-state index contributed by atoms with van der Waals surface area (Å²) in [6.07, 6.45) is 7.10. The maximum absolute atomic E-state index is 13.5. The number of nitrogens with zero attached hydrogens (tertiary/aromatic N) is 8. The summed E-state index contributed by atoms with van der Waals surface area (Å²) in [5, 5.41) is 20.5. The average molecular weight is 840 g/mol. The Balaban J connectivity index is 0.777. The second-order valence-electron chi connectivity index (χ2n) is 16.3. The first-order valence-corrected chi connectivity index (χ1v) is 21.3. The first-order chi connectivity index (χ1) is 30.1. The van der Waals surface area contributed by atoms with Gasteiger partial charge in [0, 0.05) is 62.4 Å². The van der Waals surface area contributed by atoms with Crippen LogP contribution in [0.5, 0.6) is 0 Å². The zero-order chi connectivity index (χ0) is 43.1. The summed E-state index contributed by atoms with van der Waals surface area (Å²) in [5.41, 5.74) is 3.81. The Hall–Kier alpha value is -6.72. The number of piperidine rings is 1. The fourth-order valence-electron chi connectivity index (χ4n) is 9.07. The number of imide groups is 2. The van der Waals surface area contributed by atoms with E-state index < -0.39 is 35.3 Å². The number of aromatic nitrogens is 5. The number of unbranched alkanes of at least 4 members (excludes halogenated alkanes) is 1. The number of piperazine rings is 1. The summed E-state index contributed by atoms with van der Waals surface area (Å²) >= 11 is 0. The minimum atomic E-state index is -1.01. The number of pyridine rings is 1. The lowest BCUT2D eigenvalue weighted by Gasteiger charge is -2.36. The van der Waals surface area contributed by atoms with Crippen molar-refractivity contribution in [2.75, 3.05) is 54.8 Å². The third-order valence-corrected chi connectivity index (χ3v) is 12.5. The van der Waals surface area contributed by atoms with Crippen LogP contribution in [-0.2, 0) is 28.2 Å². The lowest BCUT2D eigenvalue weighted by Crippen LogP contribution is -2.54. The van der Waals surface area contributed by atoms with Crippen molar-refractivity contribution in [2.45, 2.75) is 70.1 Å². The van der Waals surface area contributed by atoms with Crippen molar-refractivity contribution in [3.63, 3.8) is 0 Å². The van der Waals surface area contributed by atoms with Crippen molar-refractivity contribution in [1.82, 2.24) is 39.4 Å². The summed E-state index contributed by atoms with van der Waals surface area (Å²) in [6, 6.07) is 16.1. The fraction of sp³-hybridized carbons (Fsp3) is 0.378. The van der Waals surface area contributed by atoms with E-state index in [4.69, 9.17) is 9.97 Å². The largest absolute Gasteiger partial charge is 0.384 e. The van der Waals surface area contributed by atoms with E-state index >= 15 is 0 Å². The highest BCUT2D eigenvalue weighted by Gasteiger charge is 2.45. The molecule has 3 aliphatic heterocycles. The molecule has 0 radical (unpaired) electrons. The molecule has 9 rings (SSSR count). The number of benzene rings is 2. The molecule has 0 saturated carbocycles. The molecule has 0 bridgehead atoms. The van der Waals surface area contributed by atoms with Gasteiger partial charge in [0.15, 0.2) is 11.5 Å². The molecule has 5 aromatic rings. The van der Waals surface area contributed by atoms with E-state index in [1.807, 2.05) is 31.2 Å².